The number of rotatable bonds is 52. The molecule has 69 heavy (non-hydrogen) atoms. The van der Waals surface area contributed by atoms with E-state index in [2.05, 4.69) is 19.2 Å². The van der Waals surface area contributed by atoms with Crippen molar-refractivity contribution in [2.45, 2.75) is 345 Å². The van der Waals surface area contributed by atoms with Gasteiger partial charge in [0.15, 0.2) is 6.29 Å². The number of hydrogen-bond acceptors (Lipinski definition) is 9. The highest BCUT2D eigenvalue weighted by Gasteiger charge is 2.44. The summed E-state index contributed by atoms with van der Waals surface area (Å²) in [5.41, 5.74) is 0. The van der Waals surface area contributed by atoms with Crippen molar-refractivity contribution in [1.82, 2.24) is 5.32 Å². The Labute approximate surface area is 425 Å². The number of amides is 1. The Morgan fingerprint density at radius 1 is 0.493 bits per heavy atom. The van der Waals surface area contributed by atoms with E-state index in [1.165, 1.54) is 231 Å². The van der Waals surface area contributed by atoms with Crippen LogP contribution in [0.4, 0.5) is 0 Å². The molecule has 10 nitrogen and oxygen atoms in total. The molecule has 1 heterocycles. The van der Waals surface area contributed by atoms with Crippen LogP contribution in [0.25, 0.3) is 0 Å². The van der Waals surface area contributed by atoms with Crippen molar-refractivity contribution in [2.75, 3.05) is 13.2 Å². The highest BCUT2D eigenvalue weighted by molar-refractivity contribution is 5.80. The lowest BCUT2D eigenvalue weighted by molar-refractivity contribution is -0.302. The van der Waals surface area contributed by atoms with Crippen LogP contribution in [0.2, 0.25) is 0 Å². The van der Waals surface area contributed by atoms with Crippen LogP contribution in [0.1, 0.15) is 296 Å². The molecule has 8 atom stereocenters. The van der Waals surface area contributed by atoms with Crippen molar-refractivity contribution in [3.05, 3.63) is 12.2 Å². The van der Waals surface area contributed by atoms with Gasteiger partial charge in [-0.3, -0.25) is 4.79 Å². The highest BCUT2D eigenvalue weighted by Crippen LogP contribution is 2.23. The number of hydrogen-bond donors (Lipinski definition) is 7. The first-order valence-corrected chi connectivity index (χ1v) is 30.0. The lowest BCUT2D eigenvalue weighted by Gasteiger charge is -2.40. The summed E-state index contributed by atoms with van der Waals surface area (Å²) in [6.45, 7) is 3.65. The molecule has 1 saturated heterocycles. The van der Waals surface area contributed by atoms with Crippen LogP contribution in [-0.4, -0.2) is 98.7 Å². The second-order valence-corrected chi connectivity index (χ2v) is 21.3. The fourth-order valence-electron chi connectivity index (χ4n) is 9.87. The predicted octanol–water partition coefficient (Wildman–Crippen LogP) is 13.8. The Kier molecular flexibility index (Phi) is 46.9. The molecule has 10 heteroatoms. The van der Waals surface area contributed by atoms with E-state index in [1.807, 2.05) is 6.08 Å². The summed E-state index contributed by atoms with van der Waals surface area (Å²) in [4.78, 5) is 13.1. The number of carbonyl (C=O) groups excluding carboxylic acids is 1. The minimum atomic E-state index is -1.61. The third-order valence-corrected chi connectivity index (χ3v) is 14.7. The third-order valence-electron chi connectivity index (χ3n) is 14.7. The molecular weight excluding hydrogens is 867 g/mol. The predicted molar refractivity (Wildman–Crippen MR) is 287 cm³/mol. The molecule has 0 spiro atoms. The van der Waals surface area contributed by atoms with Gasteiger partial charge in [0.25, 0.3) is 0 Å². The van der Waals surface area contributed by atoms with Crippen LogP contribution in [-0.2, 0) is 14.3 Å². The zero-order chi connectivity index (χ0) is 50.3. The highest BCUT2D eigenvalue weighted by atomic mass is 16.7. The summed E-state index contributed by atoms with van der Waals surface area (Å²) < 4.78 is 11.2. The fraction of sp³-hybridized carbons (Fsp3) is 0.949. The van der Waals surface area contributed by atoms with Gasteiger partial charge in [-0.1, -0.05) is 289 Å². The quantitative estimate of drug-likeness (QED) is 0.0232. The second kappa shape index (κ2) is 49.1. The SMILES string of the molecule is CCCCCCCCCCCCCCCC/C=C/C(O)C(COC1OC(CO)C(O)C(O)C1O)NC(=O)C(O)CCCCCCCCCCCCCCCCCCCCCCCCCCCCCC. The van der Waals surface area contributed by atoms with Crippen LogP contribution in [0.3, 0.4) is 0 Å². The molecule has 7 N–H and O–H groups in total. The first-order valence-electron chi connectivity index (χ1n) is 30.0. The Hall–Kier alpha value is -1.11. The van der Waals surface area contributed by atoms with Crippen LogP contribution in [0.5, 0.6) is 0 Å². The number of nitrogens with one attached hydrogen (secondary N) is 1. The maximum atomic E-state index is 13.1. The molecule has 1 aliphatic heterocycles. The summed E-state index contributed by atoms with van der Waals surface area (Å²) in [6.07, 6.45) is 50.4. The Balaban J connectivity index is 2.20. The van der Waals surface area contributed by atoms with Gasteiger partial charge in [0.1, 0.15) is 30.5 Å². The zero-order valence-electron chi connectivity index (χ0n) is 45.2. The summed E-state index contributed by atoms with van der Waals surface area (Å²) >= 11 is 0. The van der Waals surface area contributed by atoms with E-state index in [-0.39, 0.29) is 6.61 Å². The third kappa shape index (κ3) is 38.2. The summed E-state index contributed by atoms with van der Waals surface area (Å²) in [5.74, 6) is -0.609. The van der Waals surface area contributed by atoms with Gasteiger partial charge < -0.3 is 45.4 Å². The number of aliphatic hydroxyl groups excluding tert-OH is 6. The van der Waals surface area contributed by atoms with Gasteiger partial charge in [0.05, 0.1) is 25.4 Å². The largest absolute Gasteiger partial charge is 0.394 e. The average molecular weight is 983 g/mol. The monoisotopic (exact) mass is 982 g/mol. The number of unbranched alkanes of at least 4 members (excludes halogenated alkanes) is 41. The average Bonchev–Trinajstić information content (AvgIpc) is 3.35. The number of ether oxygens (including phenoxy) is 2. The van der Waals surface area contributed by atoms with Crippen LogP contribution < -0.4 is 5.32 Å². The topological polar surface area (TPSA) is 169 Å². The Bertz CT molecular complexity index is 1110. The van der Waals surface area contributed by atoms with Crippen molar-refractivity contribution >= 4 is 5.91 Å². The van der Waals surface area contributed by atoms with Crippen molar-refractivity contribution in [2.24, 2.45) is 0 Å². The minimum absolute atomic E-state index is 0.300. The first-order chi connectivity index (χ1) is 33.8. The van der Waals surface area contributed by atoms with Gasteiger partial charge in [-0.15, -0.1) is 0 Å². The molecule has 0 aromatic heterocycles. The Morgan fingerprint density at radius 3 is 1.17 bits per heavy atom. The van der Waals surface area contributed by atoms with Gasteiger partial charge in [0, 0.05) is 0 Å². The van der Waals surface area contributed by atoms with Crippen molar-refractivity contribution in [1.29, 1.82) is 0 Å². The van der Waals surface area contributed by atoms with Gasteiger partial charge in [-0.25, -0.2) is 0 Å². The van der Waals surface area contributed by atoms with E-state index >= 15 is 0 Å². The normalized spacial score (nSPS) is 19.9. The maximum Gasteiger partial charge on any atom is 0.249 e. The van der Waals surface area contributed by atoms with Crippen molar-refractivity contribution in [3.63, 3.8) is 0 Å². The number of carbonyl (C=O) groups is 1. The molecule has 0 aliphatic carbocycles. The standard InChI is InChI=1S/C59H115NO9/c1-3-5-7-9-11-13-15-17-19-21-22-23-24-25-26-27-28-29-30-31-32-34-36-38-40-42-44-46-48-53(63)58(67)60-51(50-68-59-57(66)56(65)55(64)54(49-61)69-59)52(62)47-45-43-41-39-37-35-33-20-18-16-14-12-10-8-6-4-2/h45,47,51-57,59,61-66H,3-44,46,48-50H2,1-2H3,(H,60,67)/b47-45+. The molecular formula is C59H115NO9. The molecule has 0 radical (unpaired) electrons. The molecule has 0 aromatic rings. The lowest BCUT2D eigenvalue weighted by Crippen LogP contribution is -2.60. The molecule has 0 saturated carbocycles. The first kappa shape index (κ1) is 65.9. The van der Waals surface area contributed by atoms with Gasteiger partial charge in [0.2, 0.25) is 5.91 Å². The summed E-state index contributed by atoms with van der Waals surface area (Å²) in [6, 6.07) is -0.976. The number of aliphatic hydroxyl groups is 6. The van der Waals surface area contributed by atoms with E-state index in [1.54, 1.807) is 6.08 Å². The number of allylic oxidation sites excluding steroid dienone is 1. The molecule has 1 rings (SSSR count). The molecule has 1 fully saturated rings. The van der Waals surface area contributed by atoms with E-state index < -0.39 is 61.5 Å². The minimum Gasteiger partial charge on any atom is -0.394 e. The van der Waals surface area contributed by atoms with E-state index in [4.69, 9.17) is 9.47 Å². The van der Waals surface area contributed by atoms with Gasteiger partial charge >= 0.3 is 0 Å². The molecule has 410 valence electrons. The van der Waals surface area contributed by atoms with Crippen molar-refractivity contribution < 1.29 is 44.9 Å². The van der Waals surface area contributed by atoms with Gasteiger partial charge in [-0.2, -0.15) is 0 Å². The van der Waals surface area contributed by atoms with Crippen LogP contribution in [0.15, 0.2) is 12.2 Å². The Morgan fingerprint density at radius 2 is 0.826 bits per heavy atom. The van der Waals surface area contributed by atoms with E-state index in [0.29, 0.717) is 6.42 Å². The smallest absolute Gasteiger partial charge is 0.249 e. The van der Waals surface area contributed by atoms with E-state index in [9.17, 15) is 35.4 Å². The van der Waals surface area contributed by atoms with E-state index in [0.717, 1.165) is 44.9 Å². The maximum absolute atomic E-state index is 13.1. The second-order valence-electron chi connectivity index (χ2n) is 21.3. The van der Waals surface area contributed by atoms with Gasteiger partial charge in [-0.05, 0) is 19.3 Å². The van der Waals surface area contributed by atoms with Crippen LogP contribution >= 0.6 is 0 Å². The van der Waals surface area contributed by atoms with Crippen molar-refractivity contribution in [3.8, 4) is 0 Å². The molecule has 8 unspecified atom stereocenters. The molecule has 1 aliphatic rings. The summed E-state index contributed by atoms with van der Waals surface area (Å²) in [7, 11) is 0. The van der Waals surface area contributed by atoms with Crippen LogP contribution in [0, 0.1) is 0 Å². The fourth-order valence-corrected chi connectivity index (χ4v) is 9.87. The lowest BCUT2D eigenvalue weighted by atomic mass is 9.99. The molecule has 1 amide bonds. The molecule has 0 aromatic carbocycles. The summed E-state index contributed by atoms with van der Waals surface area (Å²) in [5, 5.41) is 65.1. The zero-order valence-corrected chi connectivity index (χ0v) is 45.2. The molecule has 0 bridgehead atoms.